The first kappa shape index (κ1) is 12.8. The van der Waals surface area contributed by atoms with Gasteiger partial charge in [0.05, 0.1) is 15.9 Å². The van der Waals surface area contributed by atoms with E-state index in [1.807, 2.05) is 29.7 Å². The summed E-state index contributed by atoms with van der Waals surface area (Å²) in [6, 6.07) is 8.81. The van der Waals surface area contributed by atoms with E-state index >= 15 is 0 Å². The molecule has 3 aromatic rings. The van der Waals surface area contributed by atoms with E-state index in [4.69, 9.17) is 23.8 Å². The number of aromatic nitrogens is 2. The molecule has 1 aromatic carbocycles. The first-order valence-electron chi connectivity index (χ1n) is 5.72. The van der Waals surface area contributed by atoms with Gasteiger partial charge in [-0.2, -0.15) is 0 Å². The minimum Gasteiger partial charge on any atom is -0.328 e. The lowest BCUT2D eigenvalue weighted by Gasteiger charge is -2.12. The molecule has 2 heterocycles. The van der Waals surface area contributed by atoms with Crippen LogP contribution in [0.3, 0.4) is 0 Å². The van der Waals surface area contributed by atoms with Crippen molar-refractivity contribution in [1.29, 1.82) is 0 Å². The third-order valence-corrected chi connectivity index (χ3v) is 4.80. The van der Waals surface area contributed by atoms with E-state index < -0.39 is 0 Å². The standard InChI is InChI=1S/C13H10ClFN2S2/c1-7(10-5-6-11(14)19-10)17-9-4-2-3-8(15)12(9)16-13(17)18/h2-7H,1H3,(H,16,18). The molecule has 0 spiro atoms. The molecule has 19 heavy (non-hydrogen) atoms. The molecule has 0 saturated heterocycles. The van der Waals surface area contributed by atoms with Crippen molar-refractivity contribution in [2.45, 2.75) is 13.0 Å². The quantitative estimate of drug-likeness (QED) is 0.648. The predicted molar refractivity (Wildman–Crippen MR) is 80.2 cm³/mol. The topological polar surface area (TPSA) is 20.7 Å². The van der Waals surface area contributed by atoms with Gasteiger partial charge >= 0.3 is 0 Å². The van der Waals surface area contributed by atoms with Crippen LogP contribution in [0.1, 0.15) is 17.8 Å². The van der Waals surface area contributed by atoms with Crippen LogP contribution in [0.5, 0.6) is 0 Å². The highest BCUT2D eigenvalue weighted by Gasteiger charge is 2.16. The molecule has 0 aliphatic carbocycles. The molecule has 0 aliphatic heterocycles. The Balaban J connectivity index is 2.23. The number of thiophene rings is 1. The fourth-order valence-corrected chi connectivity index (χ4v) is 3.64. The van der Waals surface area contributed by atoms with E-state index in [0.29, 0.717) is 10.3 Å². The number of rotatable bonds is 2. The van der Waals surface area contributed by atoms with Gasteiger partial charge in [-0.3, -0.25) is 0 Å². The maximum absolute atomic E-state index is 13.7. The van der Waals surface area contributed by atoms with Crippen molar-refractivity contribution in [2.24, 2.45) is 0 Å². The molecule has 0 amide bonds. The lowest BCUT2D eigenvalue weighted by molar-refractivity contribution is 0.637. The molecule has 0 bridgehead atoms. The summed E-state index contributed by atoms with van der Waals surface area (Å²) in [5, 5.41) is 0. The van der Waals surface area contributed by atoms with Gasteiger partial charge in [0.15, 0.2) is 4.77 Å². The van der Waals surface area contributed by atoms with Crippen molar-refractivity contribution in [3.8, 4) is 0 Å². The van der Waals surface area contributed by atoms with E-state index in [0.717, 1.165) is 14.7 Å². The van der Waals surface area contributed by atoms with Gasteiger partial charge in [-0.05, 0) is 43.4 Å². The van der Waals surface area contributed by atoms with E-state index in [-0.39, 0.29) is 11.9 Å². The van der Waals surface area contributed by atoms with Crippen molar-refractivity contribution in [3.05, 3.63) is 50.1 Å². The van der Waals surface area contributed by atoms with E-state index in [1.165, 1.54) is 17.4 Å². The summed E-state index contributed by atoms with van der Waals surface area (Å²) in [6.07, 6.45) is 0. The Morgan fingerprint density at radius 1 is 1.37 bits per heavy atom. The van der Waals surface area contributed by atoms with Crippen molar-refractivity contribution in [2.75, 3.05) is 0 Å². The SMILES string of the molecule is CC(c1ccc(Cl)s1)n1c(=S)[nH]c2c(F)cccc21. The number of para-hydroxylation sites is 1. The Morgan fingerprint density at radius 3 is 2.84 bits per heavy atom. The second-order valence-electron chi connectivity index (χ2n) is 4.25. The smallest absolute Gasteiger partial charge is 0.178 e. The first-order chi connectivity index (χ1) is 9.08. The van der Waals surface area contributed by atoms with Gasteiger partial charge in [0.2, 0.25) is 0 Å². The second-order valence-corrected chi connectivity index (χ2v) is 6.39. The molecule has 0 aliphatic rings. The summed E-state index contributed by atoms with van der Waals surface area (Å²) < 4.78 is 16.9. The molecular weight excluding hydrogens is 303 g/mol. The van der Waals surface area contributed by atoms with Crippen molar-refractivity contribution < 1.29 is 4.39 Å². The number of nitrogens with one attached hydrogen (secondary N) is 1. The van der Waals surface area contributed by atoms with Gasteiger partial charge in [0.25, 0.3) is 0 Å². The number of fused-ring (bicyclic) bond motifs is 1. The van der Waals surface area contributed by atoms with Crippen LogP contribution in [0.4, 0.5) is 4.39 Å². The summed E-state index contributed by atoms with van der Waals surface area (Å²) in [6.45, 7) is 2.02. The van der Waals surface area contributed by atoms with Crippen LogP contribution in [0, 0.1) is 10.6 Å². The fourth-order valence-electron chi connectivity index (χ4n) is 2.18. The van der Waals surface area contributed by atoms with Crippen molar-refractivity contribution >= 4 is 46.2 Å². The average molecular weight is 313 g/mol. The minimum atomic E-state index is -0.293. The number of halogens is 2. The monoisotopic (exact) mass is 312 g/mol. The van der Waals surface area contributed by atoms with Crippen LogP contribution in [0.25, 0.3) is 11.0 Å². The molecule has 1 atom stereocenters. The number of hydrogen-bond acceptors (Lipinski definition) is 2. The summed E-state index contributed by atoms with van der Waals surface area (Å²) in [7, 11) is 0. The molecule has 6 heteroatoms. The predicted octanol–water partition coefficient (Wildman–Crippen LogP) is 5.16. The summed E-state index contributed by atoms with van der Waals surface area (Å²) in [5.74, 6) is -0.293. The Bertz CT molecular complexity index is 802. The first-order valence-corrected chi connectivity index (χ1v) is 7.32. The zero-order valence-corrected chi connectivity index (χ0v) is 12.4. The van der Waals surface area contributed by atoms with Crippen molar-refractivity contribution in [3.63, 3.8) is 0 Å². The Hall–Kier alpha value is -1.17. The van der Waals surface area contributed by atoms with Gasteiger partial charge in [-0.25, -0.2) is 4.39 Å². The summed E-state index contributed by atoms with van der Waals surface area (Å²) in [4.78, 5) is 4.02. The zero-order chi connectivity index (χ0) is 13.6. The molecule has 1 N–H and O–H groups in total. The zero-order valence-electron chi connectivity index (χ0n) is 9.98. The number of aromatic amines is 1. The van der Waals surface area contributed by atoms with Gasteiger partial charge in [-0.1, -0.05) is 17.7 Å². The maximum atomic E-state index is 13.7. The van der Waals surface area contributed by atoms with Gasteiger partial charge < -0.3 is 9.55 Å². The molecule has 2 aromatic heterocycles. The highest BCUT2D eigenvalue weighted by Crippen LogP contribution is 2.31. The molecule has 0 fully saturated rings. The van der Waals surface area contributed by atoms with Crippen LogP contribution < -0.4 is 0 Å². The molecule has 0 saturated carbocycles. The number of benzene rings is 1. The number of imidazole rings is 1. The highest BCUT2D eigenvalue weighted by atomic mass is 35.5. The van der Waals surface area contributed by atoms with Crippen LogP contribution in [-0.4, -0.2) is 9.55 Å². The average Bonchev–Trinajstić information content (AvgIpc) is 2.93. The minimum absolute atomic E-state index is 0.0144. The molecule has 98 valence electrons. The Kier molecular flexibility index (Phi) is 3.20. The summed E-state index contributed by atoms with van der Waals surface area (Å²) in [5.41, 5.74) is 1.21. The number of hydrogen-bond donors (Lipinski definition) is 1. The van der Waals surface area contributed by atoms with Crippen LogP contribution in [0.2, 0.25) is 4.34 Å². The van der Waals surface area contributed by atoms with Crippen LogP contribution >= 0.6 is 35.2 Å². The molecule has 1 unspecified atom stereocenters. The van der Waals surface area contributed by atoms with Crippen LogP contribution in [-0.2, 0) is 0 Å². The highest BCUT2D eigenvalue weighted by molar-refractivity contribution is 7.71. The maximum Gasteiger partial charge on any atom is 0.178 e. The van der Waals surface area contributed by atoms with Gasteiger partial charge in [-0.15, -0.1) is 11.3 Å². The molecule has 2 nitrogen and oxygen atoms in total. The Morgan fingerprint density at radius 2 is 2.16 bits per heavy atom. The van der Waals surface area contributed by atoms with Crippen molar-refractivity contribution in [1.82, 2.24) is 9.55 Å². The number of nitrogens with zero attached hydrogens (tertiary/aromatic N) is 1. The summed E-state index contributed by atoms with van der Waals surface area (Å²) >= 11 is 12.8. The molecule has 3 rings (SSSR count). The fraction of sp³-hybridized carbons (Fsp3) is 0.154. The lowest BCUT2D eigenvalue weighted by atomic mass is 10.2. The van der Waals surface area contributed by atoms with E-state index in [1.54, 1.807) is 6.07 Å². The normalized spacial score (nSPS) is 13.0. The lowest BCUT2D eigenvalue weighted by Crippen LogP contribution is -2.04. The van der Waals surface area contributed by atoms with Gasteiger partial charge in [0.1, 0.15) is 11.3 Å². The molecular formula is C13H10ClFN2S2. The number of H-pyrrole nitrogens is 1. The van der Waals surface area contributed by atoms with Gasteiger partial charge in [0, 0.05) is 4.88 Å². The molecule has 0 radical (unpaired) electrons. The van der Waals surface area contributed by atoms with E-state index in [2.05, 4.69) is 4.98 Å². The Labute approximate surface area is 123 Å². The second kappa shape index (κ2) is 4.74. The third-order valence-electron chi connectivity index (χ3n) is 3.09. The largest absolute Gasteiger partial charge is 0.328 e. The third kappa shape index (κ3) is 2.12. The van der Waals surface area contributed by atoms with Crippen LogP contribution in [0.15, 0.2) is 30.3 Å². The van der Waals surface area contributed by atoms with E-state index in [9.17, 15) is 4.39 Å².